The van der Waals surface area contributed by atoms with Crippen molar-refractivity contribution in [2.75, 3.05) is 7.05 Å². The van der Waals surface area contributed by atoms with E-state index in [4.69, 9.17) is 27.9 Å². The van der Waals surface area contributed by atoms with Crippen molar-refractivity contribution in [3.8, 4) is 11.5 Å². The molecule has 0 bridgehead atoms. The summed E-state index contributed by atoms with van der Waals surface area (Å²) >= 11 is 15.4. The average molecular weight is 375 g/mol. The highest BCUT2D eigenvalue weighted by Gasteiger charge is 2.12. The predicted octanol–water partition coefficient (Wildman–Crippen LogP) is 5.83. The van der Waals surface area contributed by atoms with Gasteiger partial charge in [0.2, 0.25) is 0 Å². The van der Waals surface area contributed by atoms with Crippen LogP contribution in [-0.2, 0) is 0 Å². The van der Waals surface area contributed by atoms with E-state index < -0.39 is 0 Å². The van der Waals surface area contributed by atoms with E-state index in [0.717, 1.165) is 15.8 Å². The van der Waals surface area contributed by atoms with Crippen LogP contribution in [-0.4, -0.2) is 7.05 Å². The summed E-state index contributed by atoms with van der Waals surface area (Å²) in [6.45, 7) is 2.07. The van der Waals surface area contributed by atoms with Gasteiger partial charge < -0.3 is 10.1 Å². The molecule has 5 heteroatoms. The molecule has 20 heavy (non-hydrogen) atoms. The van der Waals surface area contributed by atoms with Gasteiger partial charge in [-0.25, -0.2) is 0 Å². The van der Waals surface area contributed by atoms with Crippen LogP contribution < -0.4 is 10.1 Å². The Balaban J connectivity index is 2.36. The van der Waals surface area contributed by atoms with Gasteiger partial charge >= 0.3 is 0 Å². The molecule has 1 unspecified atom stereocenters. The van der Waals surface area contributed by atoms with Crippen molar-refractivity contribution in [3.05, 3.63) is 56.5 Å². The summed E-state index contributed by atoms with van der Waals surface area (Å²) in [6, 6.07) is 11.4. The van der Waals surface area contributed by atoms with Crippen molar-refractivity contribution in [3.63, 3.8) is 0 Å². The SMILES string of the molecule is CNC(C)c1ccc(Br)cc1Oc1ccc(Cl)c(Cl)c1. The topological polar surface area (TPSA) is 21.3 Å². The third-order valence-electron chi connectivity index (χ3n) is 2.99. The van der Waals surface area contributed by atoms with E-state index in [1.165, 1.54) is 0 Å². The van der Waals surface area contributed by atoms with Crippen LogP contribution in [0.2, 0.25) is 10.0 Å². The lowest BCUT2D eigenvalue weighted by atomic mass is 10.1. The molecule has 0 aliphatic rings. The van der Waals surface area contributed by atoms with Crippen molar-refractivity contribution in [2.45, 2.75) is 13.0 Å². The van der Waals surface area contributed by atoms with Gasteiger partial charge in [0.05, 0.1) is 10.0 Å². The van der Waals surface area contributed by atoms with E-state index in [9.17, 15) is 0 Å². The van der Waals surface area contributed by atoms with E-state index in [-0.39, 0.29) is 6.04 Å². The number of ether oxygens (including phenoxy) is 1. The molecule has 1 atom stereocenters. The Hall–Kier alpha value is -0.740. The van der Waals surface area contributed by atoms with E-state index in [0.29, 0.717) is 15.8 Å². The third-order valence-corrected chi connectivity index (χ3v) is 4.23. The molecular weight excluding hydrogens is 361 g/mol. The Morgan fingerprint density at radius 2 is 1.85 bits per heavy atom. The average Bonchev–Trinajstić information content (AvgIpc) is 2.42. The molecule has 0 saturated heterocycles. The van der Waals surface area contributed by atoms with E-state index in [2.05, 4.69) is 28.2 Å². The summed E-state index contributed by atoms with van der Waals surface area (Å²) in [5, 5.41) is 4.19. The molecule has 0 aliphatic heterocycles. The Morgan fingerprint density at radius 3 is 2.50 bits per heavy atom. The van der Waals surface area contributed by atoms with Gasteiger partial charge in [-0.3, -0.25) is 0 Å². The molecule has 2 aromatic carbocycles. The number of nitrogens with one attached hydrogen (secondary N) is 1. The second kappa shape index (κ2) is 6.81. The number of hydrogen-bond donors (Lipinski definition) is 1. The third kappa shape index (κ3) is 3.67. The van der Waals surface area contributed by atoms with Gasteiger partial charge in [-0.1, -0.05) is 45.2 Å². The smallest absolute Gasteiger partial charge is 0.133 e. The number of halogens is 3. The van der Waals surface area contributed by atoms with Crippen LogP contribution in [0.3, 0.4) is 0 Å². The Morgan fingerprint density at radius 1 is 1.10 bits per heavy atom. The molecule has 2 aromatic rings. The van der Waals surface area contributed by atoms with Crippen LogP contribution in [0, 0.1) is 0 Å². The Labute approximate surface area is 137 Å². The minimum atomic E-state index is 0.181. The second-order valence-corrected chi connectivity index (χ2v) is 6.10. The number of hydrogen-bond acceptors (Lipinski definition) is 2. The number of benzene rings is 2. The molecule has 0 fully saturated rings. The van der Waals surface area contributed by atoms with E-state index >= 15 is 0 Å². The highest BCUT2D eigenvalue weighted by Crippen LogP contribution is 2.34. The first-order valence-electron chi connectivity index (χ1n) is 6.11. The zero-order chi connectivity index (χ0) is 14.7. The summed E-state index contributed by atoms with van der Waals surface area (Å²) in [5.41, 5.74) is 1.07. The van der Waals surface area contributed by atoms with Crippen molar-refractivity contribution in [2.24, 2.45) is 0 Å². The maximum absolute atomic E-state index is 6.01. The lowest BCUT2D eigenvalue weighted by Gasteiger charge is -2.17. The summed E-state index contributed by atoms with van der Waals surface area (Å²) in [5.74, 6) is 1.43. The van der Waals surface area contributed by atoms with E-state index in [1.54, 1.807) is 18.2 Å². The molecule has 0 saturated carbocycles. The fraction of sp³-hybridized carbons (Fsp3) is 0.200. The summed E-state index contributed by atoms with van der Waals surface area (Å²) in [7, 11) is 1.91. The van der Waals surface area contributed by atoms with Crippen LogP contribution in [0.1, 0.15) is 18.5 Å². The van der Waals surface area contributed by atoms with Crippen molar-refractivity contribution in [1.82, 2.24) is 5.32 Å². The van der Waals surface area contributed by atoms with Crippen molar-refractivity contribution >= 4 is 39.1 Å². The fourth-order valence-electron chi connectivity index (χ4n) is 1.78. The van der Waals surface area contributed by atoms with Gasteiger partial charge in [-0.15, -0.1) is 0 Å². The highest BCUT2D eigenvalue weighted by molar-refractivity contribution is 9.10. The first-order chi connectivity index (χ1) is 9.51. The molecule has 0 heterocycles. The quantitative estimate of drug-likeness (QED) is 0.726. The maximum Gasteiger partial charge on any atom is 0.133 e. The molecule has 0 aromatic heterocycles. The summed E-state index contributed by atoms with van der Waals surface area (Å²) < 4.78 is 6.89. The molecule has 106 valence electrons. The molecule has 2 nitrogen and oxygen atoms in total. The molecule has 2 rings (SSSR count). The molecule has 1 N–H and O–H groups in total. The number of rotatable bonds is 4. The van der Waals surface area contributed by atoms with Crippen LogP contribution in [0.4, 0.5) is 0 Å². The van der Waals surface area contributed by atoms with Crippen molar-refractivity contribution < 1.29 is 4.74 Å². The standard InChI is InChI=1S/C15H14BrCl2NO/c1-9(19-2)12-5-3-10(16)7-15(12)20-11-4-6-13(17)14(18)8-11/h3-9,19H,1-2H3. The molecule has 0 aliphatic carbocycles. The monoisotopic (exact) mass is 373 g/mol. The lowest BCUT2D eigenvalue weighted by molar-refractivity contribution is 0.466. The van der Waals surface area contributed by atoms with Crippen LogP contribution >= 0.6 is 39.1 Å². The van der Waals surface area contributed by atoms with Gasteiger partial charge in [0.15, 0.2) is 0 Å². The summed E-state index contributed by atoms with van der Waals surface area (Å²) in [4.78, 5) is 0. The van der Waals surface area contributed by atoms with Crippen LogP contribution in [0.15, 0.2) is 40.9 Å². The summed E-state index contributed by atoms with van der Waals surface area (Å²) in [6.07, 6.45) is 0. The van der Waals surface area contributed by atoms with Crippen molar-refractivity contribution in [1.29, 1.82) is 0 Å². The molecule has 0 spiro atoms. The van der Waals surface area contributed by atoms with Crippen LogP contribution in [0.25, 0.3) is 0 Å². The minimum absolute atomic E-state index is 0.181. The highest BCUT2D eigenvalue weighted by atomic mass is 79.9. The van der Waals surface area contributed by atoms with Gasteiger partial charge in [-0.05, 0) is 38.2 Å². The second-order valence-electron chi connectivity index (χ2n) is 4.37. The zero-order valence-electron chi connectivity index (χ0n) is 11.1. The Bertz CT molecular complexity index is 619. The minimum Gasteiger partial charge on any atom is -0.457 e. The Kier molecular flexibility index (Phi) is 5.33. The van der Waals surface area contributed by atoms with Gasteiger partial charge in [0.1, 0.15) is 11.5 Å². The van der Waals surface area contributed by atoms with E-state index in [1.807, 2.05) is 25.2 Å². The lowest BCUT2D eigenvalue weighted by Crippen LogP contribution is -2.13. The largest absolute Gasteiger partial charge is 0.457 e. The molecule has 0 amide bonds. The normalized spacial score (nSPS) is 12.2. The van der Waals surface area contributed by atoms with Gasteiger partial charge in [-0.2, -0.15) is 0 Å². The fourth-order valence-corrected chi connectivity index (χ4v) is 2.41. The predicted molar refractivity (Wildman–Crippen MR) is 88.2 cm³/mol. The first-order valence-corrected chi connectivity index (χ1v) is 7.65. The molecular formula is C15H14BrCl2NO. The first kappa shape index (κ1) is 15.6. The maximum atomic E-state index is 6.01. The molecule has 0 radical (unpaired) electrons. The van der Waals surface area contributed by atoms with Gasteiger partial charge in [0, 0.05) is 22.1 Å². The van der Waals surface area contributed by atoms with Crippen LogP contribution in [0.5, 0.6) is 11.5 Å². The van der Waals surface area contributed by atoms with Gasteiger partial charge in [0.25, 0.3) is 0 Å². The zero-order valence-corrected chi connectivity index (χ0v) is 14.2.